The Morgan fingerprint density at radius 2 is 1.51 bits per heavy atom. The number of hydrogen-bond acceptors (Lipinski definition) is 5. The second kappa shape index (κ2) is 11.3. The summed E-state index contributed by atoms with van der Waals surface area (Å²) < 4.78 is 10.4. The molecule has 0 saturated heterocycles. The highest BCUT2D eigenvalue weighted by atomic mass is 16.5. The number of ether oxygens (including phenoxy) is 2. The third-order valence-corrected chi connectivity index (χ3v) is 5.99. The van der Waals surface area contributed by atoms with Gasteiger partial charge in [0.25, 0.3) is 0 Å². The highest BCUT2D eigenvalue weighted by molar-refractivity contribution is 6.03. The van der Waals surface area contributed by atoms with Gasteiger partial charge in [-0.1, -0.05) is 54.6 Å². The van der Waals surface area contributed by atoms with Crippen molar-refractivity contribution in [2.75, 3.05) is 14.2 Å². The molecule has 2 amide bonds. The van der Waals surface area contributed by atoms with Crippen molar-refractivity contribution >= 4 is 17.5 Å². The summed E-state index contributed by atoms with van der Waals surface area (Å²) in [7, 11) is 3.23. The molecule has 3 aromatic carbocycles. The molecule has 0 saturated carbocycles. The lowest BCUT2D eigenvalue weighted by molar-refractivity contribution is -0.135. The fourth-order valence-electron chi connectivity index (χ4n) is 4.00. The van der Waals surface area contributed by atoms with Crippen LogP contribution in [0.3, 0.4) is 0 Å². The monoisotopic (exact) mass is 471 g/mol. The molecule has 1 atom stereocenters. The van der Waals surface area contributed by atoms with E-state index in [2.05, 4.69) is 10.4 Å². The number of nitrogens with one attached hydrogen (secondary N) is 1. The lowest BCUT2D eigenvalue weighted by atomic mass is 9.98. The van der Waals surface area contributed by atoms with Gasteiger partial charge in [0, 0.05) is 25.8 Å². The number of hydrazone groups is 1. The molecule has 4 rings (SSSR count). The fraction of sp³-hybridized carbons (Fsp3) is 0.250. The highest BCUT2D eigenvalue weighted by Gasteiger charge is 2.33. The quantitative estimate of drug-likeness (QED) is 0.499. The van der Waals surface area contributed by atoms with Gasteiger partial charge in [-0.05, 0) is 41.0 Å². The Hall–Kier alpha value is -4.13. The van der Waals surface area contributed by atoms with Crippen molar-refractivity contribution in [3.63, 3.8) is 0 Å². The van der Waals surface area contributed by atoms with Gasteiger partial charge in [-0.25, -0.2) is 5.01 Å². The second-order valence-electron chi connectivity index (χ2n) is 8.27. The third kappa shape index (κ3) is 6.06. The van der Waals surface area contributed by atoms with E-state index >= 15 is 0 Å². The van der Waals surface area contributed by atoms with Crippen LogP contribution in [-0.2, 0) is 16.1 Å². The van der Waals surface area contributed by atoms with Crippen molar-refractivity contribution < 1.29 is 19.1 Å². The van der Waals surface area contributed by atoms with Gasteiger partial charge in [0.15, 0.2) is 0 Å². The maximum atomic E-state index is 13.2. The first-order chi connectivity index (χ1) is 17.1. The molecule has 1 N–H and O–H groups in total. The van der Waals surface area contributed by atoms with Crippen LogP contribution in [0.1, 0.15) is 42.0 Å². The third-order valence-electron chi connectivity index (χ3n) is 5.99. The standard InChI is InChI=1S/C28H29N3O4/c1-34-23-12-8-20(9-13-23)19-29-27(32)16-17-28(33)31-26(22-10-14-24(35-2)15-11-22)18-25(30-31)21-6-4-3-5-7-21/h3-15,26H,16-19H2,1-2H3,(H,29,32)/t26-/m1/s1. The Morgan fingerprint density at radius 1 is 0.886 bits per heavy atom. The fourth-order valence-corrected chi connectivity index (χ4v) is 4.00. The second-order valence-corrected chi connectivity index (χ2v) is 8.27. The number of carbonyl (C=O) groups excluding carboxylic acids is 2. The number of benzene rings is 3. The summed E-state index contributed by atoms with van der Waals surface area (Å²) in [6.45, 7) is 0.394. The minimum absolute atomic E-state index is 0.0761. The summed E-state index contributed by atoms with van der Waals surface area (Å²) in [5.41, 5.74) is 3.77. The number of methoxy groups -OCH3 is 2. The maximum Gasteiger partial charge on any atom is 0.243 e. The van der Waals surface area contributed by atoms with Gasteiger partial charge in [0.1, 0.15) is 11.5 Å². The Labute approximate surface area is 205 Å². The zero-order chi connectivity index (χ0) is 24.6. The van der Waals surface area contributed by atoms with Crippen LogP contribution in [0.2, 0.25) is 0 Å². The first-order valence-electron chi connectivity index (χ1n) is 11.6. The summed E-state index contributed by atoms with van der Waals surface area (Å²) in [6, 6.07) is 24.8. The minimum atomic E-state index is -0.231. The van der Waals surface area contributed by atoms with Gasteiger partial charge in [-0.2, -0.15) is 5.10 Å². The van der Waals surface area contributed by atoms with E-state index in [1.807, 2.05) is 78.9 Å². The van der Waals surface area contributed by atoms with Gasteiger partial charge in [-0.15, -0.1) is 0 Å². The molecule has 1 heterocycles. The summed E-state index contributed by atoms with van der Waals surface area (Å²) in [5, 5.41) is 9.07. The summed E-state index contributed by atoms with van der Waals surface area (Å²) >= 11 is 0. The van der Waals surface area contributed by atoms with Crippen LogP contribution >= 0.6 is 0 Å². The molecule has 1 aliphatic rings. The van der Waals surface area contributed by atoms with Crippen LogP contribution in [0.15, 0.2) is 84.0 Å². The molecule has 35 heavy (non-hydrogen) atoms. The predicted octanol–water partition coefficient (Wildman–Crippen LogP) is 4.48. The number of hydrogen-bond donors (Lipinski definition) is 1. The predicted molar refractivity (Wildman–Crippen MR) is 134 cm³/mol. The minimum Gasteiger partial charge on any atom is -0.497 e. The van der Waals surface area contributed by atoms with Crippen LogP contribution in [-0.4, -0.2) is 36.8 Å². The maximum absolute atomic E-state index is 13.2. The van der Waals surface area contributed by atoms with Crippen molar-refractivity contribution in [2.45, 2.75) is 31.8 Å². The van der Waals surface area contributed by atoms with E-state index in [-0.39, 0.29) is 30.7 Å². The molecule has 0 spiro atoms. The average molecular weight is 472 g/mol. The normalized spacial score (nSPS) is 14.9. The first-order valence-corrected chi connectivity index (χ1v) is 11.6. The van der Waals surface area contributed by atoms with Crippen LogP contribution in [0.25, 0.3) is 0 Å². The summed E-state index contributed by atoms with van der Waals surface area (Å²) in [5.74, 6) is 1.15. The molecule has 0 aliphatic carbocycles. The van der Waals surface area contributed by atoms with E-state index in [0.717, 1.165) is 33.9 Å². The Morgan fingerprint density at radius 3 is 2.14 bits per heavy atom. The van der Waals surface area contributed by atoms with Gasteiger partial charge in [0.2, 0.25) is 11.8 Å². The van der Waals surface area contributed by atoms with Crippen LogP contribution in [0.5, 0.6) is 11.5 Å². The highest BCUT2D eigenvalue weighted by Crippen LogP contribution is 2.34. The molecule has 7 heteroatoms. The molecule has 0 radical (unpaired) electrons. The Kier molecular flexibility index (Phi) is 7.77. The van der Waals surface area contributed by atoms with Gasteiger partial charge in [-0.3, -0.25) is 9.59 Å². The number of amides is 2. The molecule has 180 valence electrons. The van der Waals surface area contributed by atoms with Crippen LogP contribution in [0, 0.1) is 0 Å². The molecule has 3 aromatic rings. The van der Waals surface area contributed by atoms with Gasteiger partial charge < -0.3 is 14.8 Å². The van der Waals surface area contributed by atoms with E-state index in [0.29, 0.717) is 13.0 Å². The molecule has 0 unspecified atom stereocenters. The van der Waals surface area contributed by atoms with Crippen molar-refractivity contribution in [3.05, 3.63) is 95.6 Å². The molecule has 7 nitrogen and oxygen atoms in total. The Balaban J connectivity index is 1.41. The summed E-state index contributed by atoms with van der Waals surface area (Å²) in [4.78, 5) is 25.6. The number of rotatable bonds is 9. The number of nitrogens with zero attached hydrogens (tertiary/aromatic N) is 2. The number of carbonyl (C=O) groups is 2. The largest absolute Gasteiger partial charge is 0.497 e. The van der Waals surface area contributed by atoms with E-state index in [4.69, 9.17) is 9.47 Å². The van der Waals surface area contributed by atoms with Crippen LogP contribution in [0.4, 0.5) is 0 Å². The van der Waals surface area contributed by atoms with Gasteiger partial charge >= 0.3 is 0 Å². The van der Waals surface area contributed by atoms with Crippen molar-refractivity contribution in [1.82, 2.24) is 10.3 Å². The lowest BCUT2D eigenvalue weighted by Gasteiger charge is -2.22. The van der Waals surface area contributed by atoms with Crippen molar-refractivity contribution in [3.8, 4) is 11.5 Å². The molecular formula is C28H29N3O4. The van der Waals surface area contributed by atoms with Crippen LogP contribution < -0.4 is 14.8 Å². The molecule has 0 bridgehead atoms. The molecule has 0 fully saturated rings. The smallest absolute Gasteiger partial charge is 0.243 e. The van der Waals surface area contributed by atoms with E-state index < -0.39 is 0 Å². The molecule has 0 aromatic heterocycles. The summed E-state index contributed by atoms with van der Waals surface area (Å²) in [6.07, 6.45) is 0.773. The van der Waals surface area contributed by atoms with E-state index in [9.17, 15) is 9.59 Å². The topological polar surface area (TPSA) is 80.2 Å². The SMILES string of the molecule is COc1ccc(CNC(=O)CCC(=O)N2N=C(c3ccccc3)C[C@@H]2c2ccc(OC)cc2)cc1. The zero-order valence-electron chi connectivity index (χ0n) is 19.9. The molecular weight excluding hydrogens is 442 g/mol. The van der Waals surface area contributed by atoms with E-state index in [1.165, 1.54) is 5.01 Å². The van der Waals surface area contributed by atoms with Gasteiger partial charge in [0.05, 0.1) is 26.0 Å². The zero-order valence-corrected chi connectivity index (χ0v) is 19.9. The Bertz CT molecular complexity index is 1180. The molecule has 1 aliphatic heterocycles. The van der Waals surface area contributed by atoms with Crippen molar-refractivity contribution in [1.29, 1.82) is 0 Å². The van der Waals surface area contributed by atoms with Crippen molar-refractivity contribution in [2.24, 2.45) is 5.10 Å². The first kappa shape index (κ1) is 24.0. The van der Waals surface area contributed by atoms with E-state index in [1.54, 1.807) is 14.2 Å². The average Bonchev–Trinajstić information content (AvgIpc) is 3.37. The lowest BCUT2D eigenvalue weighted by Crippen LogP contribution is -2.29.